The maximum absolute atomic E-state index is 13.5. The van der Waals surface area contributed by atoms with E-state index in [1.165, 1.54) is 37.7 Å². The zero-order valence-electron chi connectivity index (χ0n) is 17.5. The molecule has 0 aliphatic carbocycles. The zero-order chi connectivity index (χ0) is 22.9. The molecule has 2 aromatic carbocycles. The van der Waals surface area contributed by atoms with Crippen LogP contribution in [-0.2, 0) is 9.84 Å². The van der Waals surface area contributed by atoms with Crippen molar-refractivity contribution in [1.82, 2.24) is 4.98 Å². The van der Waals surface area contributed by atoms with Crippen LogP contribution in [0.3, 0.4) is 0 Å². The van der Waals surface area contributed by atoms with Crippen molar-refractivity contribution in [2.24, 2.45) is 0 Å². The number of nitrogens with zero attached hydrogens (tertiary/aromatic N) is 2. The Labute approximate surface area is 189 Å². The summed E-state index contributed by atoms with van der Waals surface area (Å²) in [4.78, 5) is 6.69. The van der Waals surface area contributed by atoms with E-state index in [1.54, 1.807) is 17.5 Å². The molecule has 0 unspecified atom stereocenters. The minimum Gasteiger partial charge on any atom is -0.497 e. The molecule has 170 valence electrons. The lowest BCUT2D eigenvalue weighted by Gasteiger charge is -2.31. The first-order valence-electron chi connectivity index (χ1n) is 9.95. The van der Waals surface area contributed by atoms with Gasteiger partial charge in [0, 0.05) is 30.1 Å². The van der Waals surface area contributed by atoms with E-state index in [1.807, 2.05) is 4.90 Å². The number of piperidine rings is 1. The molecule has 1 aromatic heterocycles. The molecular formula is C22H22F2N2O4S2. The molecule has 1 fully saturated rings. The number of hydrogen-bond acceptors (Lipinski definition) is 7. The van der Waals surface area contributed by atoms with E-state index in [0.717, 1.165) is 17.3 Å². The van der Waals surface area contributed by atoms with Crippen LogP contribution in [0.1, 0.15) is 12.8 Å². The number of methoxy groups -OCH3 is 2. The predicted molar refractivity (Wildman–Crippen MR) is 119 cm³/mol. The first-order chi connectivity index (χ1) is 15.3. The molecule has 0 amide bonds. The minimum absolute atomic E-state index is 0.132. The molecule has 6 nitrogen and oxygen atoms in total. The standard InChI is InChI=1S/C22H22F2N2O4S2/c1-29-15-4-6-20(30-2)21(12-15)32(27,28)16-7-9-26(10-8-16)22-25-19(13-31-22)14-3-5-17(23)18(24)11-14/h3-6,11-13,16H,7-10H2,1-2H3. The third kappa shape index (κ3) is 4.29. The Kier molecular flexibility index (Phi) is 6.34. The Morgan fingerprint density at radius 2 is 1.78 bits per heavy atom. The monoisotopic (exact) mass is 480 g/mol. The molecule has 4 rings (SSSR count). The molecule has 0 radical (unpaired) electrons. The number of sulfone groups is 1. The number of ether oxygens (including phenoxy) is 2. The fourth-order valence-corrected chi connectivity index (χ4v) is 6.53. The molecule has 2 heterocycles. The molecule has 1 saturated heterocycles. The lowest BCUT2D eigenvalue weighted by Crippen LogP contribution is -2.39. The van der Waals surface area contributed by atoms with Crippen LogP contribution in [0.5, 0.6) is 11.5 Å². The van der Waals surface area contributed by atoms with Gasteiger partial charge in [0.1, 0.15) is 16.4 Å². The third-order valence-corrected chi connectivity index (χ3v) is 8.72. The summed E-state index contributed by atoms with van der Waals surface area (Å²) in [6, 6.07) is 8.43. The second-order valence-electron chi connectivity index (χ2n) is 7.39. The third-order valence-electron chi connectivity index (χ3n) is 5.54. The van der Waals surface area contributed by atoms with Crippen molar-refractivity contribution in [1.29, 1.82) is 0 Å². The number of halogens is 2. The molecular weight excluding hydrogens is 458 g/mol. The van der Waals surface area contributed by atoms with E-state index in [0.29, 0.717) is 48.7 Å². The lowest BCUT2D eigenvalue weighted by molar-refractivity contribution is 0.391. The van der Waals surface area contributed by atoms with Gasteiger partial charge in [0.05, 0.1) is 25.2 Å². The van der Waals surface area contributed by atoms with Crippen LogP contribution in [-0.4, -0.2) is 46.0 Å². The summed E-state index contributed by atoms with van der Waals surface area (Å²) in [6.45, 7) is 1.03. The molecule has 0 N–H and O–H groups in total. The van der Waals surface area contributed by atoms with Crippen molar-refractivity contribution >= 4 is 26.3 Å². The fraction of sp³-hybridized carbons (Fsp3) is 0.318. The summed E-state index contributed by atoms with van der Waals surface area (Å²) >= 11 is 1.39. The molecule has 0 saturated carbocycles. The maximum Gasteiger partial charge on any atom is 0.185 e. The van der Waals surface area contributed by atoms with Crippen molar-refractivity contribution in [2.75, 3.05) is 32.2 Å². The Balaban J connectivity index is 1.49. The Morgan fingerprint density at radius 3 is 2.44 bits per heavy atom. The van der Waals surface area contributed by atoms with Gasteiger partial charge in [-0.1, -0.05) is 0 Å². The molecule has 1 aliphatic rings. The van der Waals surface area contributed by atoms with Gasteiger partial charge in [-0.3, -0.25) is 0 Å². The van der Waals surface area contributed by atoms with Gasteiger partial charge in [-0.25, -0.2) is 22.2 Å². The predicted octanol–water partition coefficient (Wildman–Crippen LogP) is 4.55. The van der Waals surface area contributed by atoms with Crippen molar-refractivity contribution in [3.63, 3.8) is 0 Å². The molecule has 32 heavy (non-hydrogen) atoms. The first-order valence-corrected chi connectivity index (χ1v) is 12.4. The number of aromatic nitrogens is 1. The topological polar surface area (TPSA) is 68.7 Å². The van der Waals surface area contributed by atoms with E-state index in [-0.39, 0.29) is 4.90 Å². The fourth-order valence-electron chi connectivity index (χ4n) is 3.74. The maximum atomic E-state index is 13.5. The summed E-state index contributed by atoms with van der Waals surface area (Å²) in [6.07, 6.45) is 0.867. The number of benzene rings is 2. The Morgan fingerprint density at radius 1 is 1.03 bits per heavy atom. The number of hydrogen-bond donors (Lipinski definition) is 0. The van der Waals surface area contributed by atoms with Crippen molar-refractivity contribution in [3.8, 4) is 22.8 Å². The molecule has 1 aliphatic heterocycles. The van der Waals surface area contributed by atoms with E-state index in [2.05, 4.69) is 4.98 Å². The summed E-state index contributed by atoms with van der Waals surface area (Å²) in [5.74, 6) is -1.07. The van der Waals surface area contributed by atoms with Gasteiger partial charge in [0.25, 0.3) is 0 Å². The average Bonchev–Trinajstić information content (AvgIpc) is 3.31. The Bertz CT molecular complexity index is 1220. The average molecular weight is 481 g/mol. The normalized spacial score (nSPS) is 15.1. The van der Waals surface area contributed by atoms with E-state index >= 15 is 0 Å². The molecule has 10 heteroatoms. The molecule has 0 bridgehead atoms. The first kappa shape index (κ1) is 22.5. The quantitative estimate of drug-likeness (QED) is 0.516. The van der Waals surface area contributed by atoms with Gasteiger partial charge >= 0.3 is 0 Å². The van der Waals surface area contributed by atoms with Crippen LogP contribution in [0.2, 0.25) is 0 Å². The highest BCUT2D eigenvalue weighted by Crippen LogP contribution is 2.35. The van der Waals surface area contributed by atoms with E-state index in [9.17, 15) is 17.2 Å². The van der Waals surface area contributed by atoms with Crippen LogP contribution in [0, 0.1) is 11.6 Å². The van der Waals surface area contributed by atoms with Gasteiger partial charge in [-0.15, -0.1) is 11.3 Å². The highest BCUT2D eigenvalue weighted by atomic mass is 32.2. The van der Waals surface area contributed by atoms with Crippen molar-refractivity contribution < 1.29 is 26.7 Å². The van der Waals surface area contributed by atoms with Crippen molar-refractivity contribution in [3.05, 3.63) is 53.4 Å². The number of thiazole rings is 1. The minimum atomic E-state index is -3.62. The molecule has 0 atom stereocenters. The van der Waals surface area contributed by atoms with Crippen LogP contribution >= 0.6 is 11.3 Å². The Hall–Kier alpha value is -2.72. The highest BCUT2D eigenvalue weighted by molar-refractivity contribution is 7.92. The number of anilines is 1. The molecule has 0 spiro atoms. The second-order valence-corrected chi connectivity index (χ2v) is 10.4. The second kappa shape index (κ2) is 9.03. The van der Waals surface area contributed by atoms with E-state index < -0.39 is 26.7 Å². The number of rotatable bonds is 6. The summed E-state index contributed by atoms with van der Waals surface area (Å²) in [5.41, 5.74) is 1.05. The van der Waals surface area contributed by atoms with Crippen LogP contribution in [0.4, 0.5) is 13.9 Å². The SMILES string of the molecule is COc1ccc(OC)c(S(=O)(=O)C2CCN(c3nc(-c4ccc(F)c(F)c4)cs3)CC2)c1. The molecule has 3 aromatic rings. The van der Waals surface area contributed by atoms with Gasteiger partial charge in [-0.2, -0.15) is 0 Å². The van der Waals surface area contributed by atoms with E-state index in [4.69, 9.17) is 9.47 Å². The van der Waals surface area contributed by atoms with Crippen LogP contribution < -0.4 is 14.4 Å². The lowest BCUT2D eigenvalue weighted by atomic mass is 10.1. The van der Waals surface area contributed by atoms with Crippen LogP contribution in [0.15, 0.2) is 46.7 Å². The summed E-state index contributed by atoms with van der Waals surface area (Å²) in [5, 5.41) is 1.95. The van der Waals surface area contributed by atoms with Gasteiger partial charge in [-0.05, 0) is 43.2 Å². The van der Waals surface area contributed by atoms with Crippen LogP contribution in [0.25, 0.3) is 11.3 Å². The summed E-state index contributed by atoms with van der Waals surface area (Å²) in [7, 11) is -0.689. The largest absolute Gasteiger partial charge is 0.497 e. The van der Waals surface area contributed by atoms with Crippen molar-refractivity contribution in [2.45, 2.75) is 23.0 Å². The zero-order valence-corrected chi connectivity index (χ0v) is 19.2. The summed E-state index contributed by atoms with van der Waals surface area (Å²) < 4.78 is 63.8. The van der Waals surface area contributed by atoms with Gasteiger partial charge in [0.2, 0.25) is 0 Å². The van der Waals surface area contributed by atoms with Gasteiger partial charge < -0.3 is 14.4 Å². The smallest absolute Gasteiger partial charge is 0.185 e. The van der Waals surface area contributed by atoms with Gasteiger partial charge in [0.15, 0.2) is 26.6 Å². The highest BCUT2D eigenvalue weighted by Gasteiger charge is 2.34.